The van der Waals surface area contributed by atoms with Crippen LogP contribution >= 0.6 is 15.9 Å². The number of piperidine rings is 1. The quantitative estimate of drug-likeness (QED) is 0.785. The molecule has 1 aromatic carbocycles. The van der Waals surface area contributed by atoms with Crippen LogP contribution < -0.4 is 10.6 Å². The maximum atomic E-state index is 12.5. The lowest BCUT2D eigenvalue weighted by atomic mass is 10.0. The number of aromatic amines is 1. The van der Waals surface area contributed by atoms with E-state index in [1.807, 2.05) is 30.3 Å². The number of H-pyrrole nitrogens is 1. The average Bonchev–Trinajstić information content (AvgIpc) is 2.90. The van der Waals surface area contributed by atoms with E-state index in [-0.39, 0.29) is 11.9 Å². The molecule has 0 radical (unpaired) electrons. The Balaban J connectivity index is 1.75. The maximum Gasteiger partial charge on any atom is 0.270 e. The van der Waals surface area contributed by atoms with Crippen LogP contribution in [0.2, 0.25) is 0 Å². The number of hydrogen-bond acceptors (Lipinski definition) is 3. The van der Waals surface area contributed by atoms with E-state index in [0.717, 1.165) is 30.6 Å². The molecule has 1 aliphatic rings. The first-order valence-corrected chi connectivity index (χ1v) is 8.28. The molecule has 1 amide bonds. The van der Waals surface area contributed by atoms with E-state index in [1.54, 1.807) is 0 Å². The van der Waals surface area contributed by atoms with Gasteiger partial charge < -0.3 is 10.6 Å². The molecule has 0 spiro atoms. The highest BCUT2D eigenvalue weighted by Gasteiger charge is 2.23. The Morgan fingerprint density at radius 1 is 1.36 bits per heavy atom. The minimum absolute atomic E-state index is 0.111. The lowest BCUT2D eigenvalue weighted by molar-refractivity contribution is 0.0920. The summed E-state index contributed by atoms with van der Waals surface area (Å²) in [6.45, 7) is 3.07. The molecule has 2 unspecified atom stereocenters. The molecular weight excluding hydrogens is 344 g/mol. The number of amides is 1. The molecule has 22 heavy (non-hydrogen) atoms. The van der Waals surface area contributed by atoms with Crippen LogP contribution in [0.4, 0.5) is 0 Å². The Hall–Kier alpha value is -1.66. The van der Waals surface area contributed by atoms with E-state index < -0.39 is 0 Å². The van der Waals surface area contributed by atoms with Crippen molar-refractivity contribution in [2.45, 2.75) is 31.8 Å². The molecule has 0 bridgehead atoms. The molecule has 3 N–H and O–H groups in total. The number of nitrogens with one attached hydrogen (secondary N) is 3. The highest BCUT2D eigenvalue weighted by Crippen LogP contribution is 2.28. The summed E-state index contributed by atoms with van der Waals surface area (Å²) in [7, 11) is 0. The summed E-state index contributed by atoms with van der Waals surface area (Å²) in [6, 6.07) is 10.4. The fourth-order valence-corrected chi connectivity index (χ4v) is 3.37. The molecule has 3 rings (SSSR count). The van der Waals surface area contributed by atoms with Crippen LogP contribution in [0.1, 0.15) is 30.3 Å². The number of nitrogens with zero attached hydrogens (tertiary/aromatic N) is 1. The Morgan fingerprint density at radius 2 is 2.14 bits per heavy atom. The predicted octanol–water partition coefficient (Wildman–Crippen LogP) is 2.71. The third-order valence-electron chi connectivity index (χ3n) is 3.94. The van der Waals surface area contributed by atoms with Crippen LogP contribution in [0.5, 0.6) is 0 Å². The maximum absolute atomic E-state index is 12.5. The van der Waals surface area contributed by atoms with Crippen LogP contribution in [0, 0.1) is 0 Å². The fraction of sp³-hybridized carbons (Fsp3) is 0.375. The number of aromatic nitrogens is 2. The topological polar surface area (TPSA) is 69.8 Å². The van der Waals surface area contributed by atoms with Gasteiger partial charge in [0.2, 0.25) is 0 Å². The van der Waals surface area contributed by atoms with Gasteiger partial charge in [0.25, 0.3) is 5.91 Å². The van der Waals surface area contributed by atoms with Crippen molar-refractivity contribution in [3.05, 3.63) is 40.5 Å². The first-order chi connectivity index (χ1) is 10.6. The summed E-state index contributed by atoms with van der Waals surface area (Å²) >= 11 is 3.50. The van der Waals surface area contributed by atoms with Gasteiger partial charge in [-0.1, -0.05) is 30.3 Å². The molecule has 0 saturated carbocycles. The predicted molar refractivity (Wildman–Crippen MR) is 89.7 cm³/mol. The van der Waals surface area contributed by atoms with E-state index >= 15 is 0 Å². The SMILES string of the molecule is CC1CC(NC(=O)c2[nH]nc(-c3ccccc3)c2Br)CCN1. The molecule has 2 atom stereocenters. The van der Waals surface area contributed by atoms with Gasteiger partial charge in [-0.25, -0.2) is 0 Å². The first-order valence-electron chi connectivity index (χ1n) is 7.48. The normalized spacial score (nSPS) is 21.5. The van der Waals surface area contributed by atoms with Crippen molar-refractivity contribution in [3.8, 4) is 11.3 Å². The molecule has 6 heteroatoms. The highest BCUT2D eigenvalue weighted by molar-refractivity contribution is 9.10. The summed E-state index contributed by atoms with van der Waals surface area (Å²) in [5, 5.41) is 13.6. The summed E-state index contributed by atoms with van der Waals surface area (Å²) < 4.78 is 0.707. The standard InChI is InChI=1S/C16H19BrN4O/c1-10-9-12(7-8-18-10)19-16(22)15-13(17)14(20-21-15)11-5-3-2-4-6-11/h2-6,10,12,18H,7-9H2,1H3,(H,19,22)(H,20,21). The molecule has 1 saturated heterocycles. The number of benzene rings is 1. The molecule has 1 fully saturated rings. The van der Waals surface area contributed by atoms with Gasteiger partial charge in [0, 0.05) is 17.6 Å². The van der Waals surface area contributed by atoms with Crippen molar-refractivity contribution in [2.24, 2.45) is 0 Å². The highest BCUT2D eigenvalue weighted by atomic mass is 79.9. The number of carbonyl (C=O) groups excluding carboxylic acids is 1. The lowest BCUT2D eigenvalue weighted by Gasteiger charge is -2.28. The third kappa shape index (κ3) is 3.23. The van der Waals surface area contributed by atoms with E-state index in [4.69, 9.17) is 0 Å². The molecule has 1 aliphatic heterocycles. The van der Waals surface area contributed by atoms with E-state index in [0.29, 0.717) is 16.2 Å². The molecule has 2 aromatic rings. The van der Waals surface area contributed by atoms with Gasteiger partial charge in [0.1, 0.15) is 11.4 Å². The van der Waals surface area contributed by atoms with Gasteiger partial charge in [0.15, 0.2) is 0 Å². The van der Waals surface area contributed by atoms with Crippen LogP contribution in [0.15, 0.2) is 34.8 Å². The smallest absolute Gasteiger partial charge is 0.270 e. The molecule has 1 aromatic heterocycles. The lowest BCUT2D eigenvalue weighted by Crippen LogP contribution is -2.46. The minimum atomic E-state index is -0.111. The van der Waals surface area contributed by atoms with Gasteiger partial charge in [-0.3, -0.25) is 9.89 Å². The summed E-state index contributed by atoms with van der Waals surface area (Å²) in [6.07, 6.45) is 1.90. The fourth-order valence-electron chi connectivity index (χ4n) is 2.79. The monoisotopic (exact) mass is 362 g/mol. The number of carbonyl (C=O) groups is 1. The second kappa shape index (κ2) is 6.62. The molecule has 5 nitrogen and oxygen atoms in total. The summed E-state index contributed by atoms with van der Waals surface area (Å²) in [5.74, 6) is -0.111. The average molecular weight is 363 g/mol. The number of halogens is 1. The Bertz CT molecular complexity index is 655. The van der Waals surface area contributed by atoms with E-state index in [9.17, 15) is 4.79 Å². The molecule has 116 valence electrons. The molecule has 0 aliphatic carbocycles. The van der Waals surface area contributed by atoms with E-state index in [2.05, 4.69) is 43.7 Å². The second-order valence-electron chi connectivity index (χ2n) is 5.68. The number of rotatable bonds is 3. The summed E-state index contributed by atoms with van der Waals surface area (Å²) in [4.78, 5) is 12.5. The largest absolute Gasteiger partial charge is 0.348 e. The Morgan fingerprint density at radius 3 is 2.86 bits per heavy atom. The zero-order valence-corrected chi connectivity index (χ0v) is 14.0. The third-order valence-corrected chi connectivity index (χ3v) is 4.71. The molecular formula is C16H19BrN4O. The van der Waals surface area contributed by atoms with Crippen molar-refractivity contribution < 1.29 is 4.79 Å². The van der Waals surface area contributed by atoms with Crippen molar-refractivity contribution in [1.82, 2.24) is 20.8 Å². The summed E-state index contributed by atoms with van der Waals surface area (Å²) in [5.41, 5.74) is 2.20. The number of hydrogen-bond donors (Lipinski definition) is 3. The van der Waals surface area contributed by atoms with Crippen LogP contribution in [-0.2, 0) is 0 Å². The van der Waals surface area contributed by atoms with Crippen molar-refractivity contribution in [1.29, 1.82) is 0 Å². The van der Waals surface area contributed by atoms with Gasteiger partial charge in [-0.05, 0) is 42.2 Å². The van der Waals surface area contributed by atoms with Crippen molar-refractivity contribution >= 4 is 21.8 Å². The van der Waals surface area contributed by atoms with Gasteiger partial charge in [-0.15, -0.1) is 0 Å². The van der Waals surface area contributed by atoms with Crippen LogP contribution in [0.25, 0.3) is 11.3 Å². The second-order valence-corrected chi connectivity index (χ2v) is 6.47. The Kier molecular flexibility index (Phi) is 4.59. The zero-order chi connectivity index (χ0) is 15.5. The Labute approximate surface area is 138 Å². The van der Waals surface area contributed by atoms with Gasteiger partial charge >= 0.3 is 0 Å². The van der Waals surface area contributed by atoms with Crippen LogP contribution in [-0.4, -0.2) is 34.7 Å². The van der Waals surface area contributed by atoms with Crippen LogP contribution in [0.3, 0.4) is 0 Å². The van der Waals surface area contributed by atoms with Crippen molar-refractivity contribution in [2.75, 3.05) is 6.54 Å². The van der Waals surface area contributed by atoms with E-state index in [1.165, 1.54) is 0 Å². The zero-order valence-electron chi connectivity index (χ0n) is 12.4. The van der Waals surface area contributed by atoms with Gasteiger partial charge in [-0.2, -0.15) is 5.10 Å². The van der Waals surface area contributed by atoms with Gasteiger partial charge in [0.05, 0.1) is 4.47 Å². The van der Waals surface area contributed by atoms with Crippen molar-refractivity contribution in [3.63, 3.8) is 0 Å². The molecule has 2 heterocycles. The first kappa shape index (κ1) is 15.2. The minimum Gasteiger partial charge on any atom is -0.348 e.